The molecule has 0 spiro atoms. The Morgan fingerprint density at radius 3 is 2.78 bits per heavy atom. The largest absolute Gasteiger partial charge is 0.506 e. The first-order chi connectivity index (χ1) is 19.8. The van der Waals surface area contributed by atoms with Crippen LogP contribution in [0.25, 0.3) is 10.9 Å². The highest BCUT2D eigenvalue weighted by Crippen LogP contribution is 2.66. The standard InChI is InChI=1S/C37H54N2O2/c1-25(2)8-5-6-9-26-12-14-31-29-13-11-27-24-28(17-19-37(27,4)32(29)18-20-36(26,31)3)41-23-22-38-33-15-16-34(40)35-30(33)10-7-21-39-35/h7,10-11,15-16,21,25-26,28-29,31-32,38,40H,5-6,8-9,12-14,17-20,22-24H2,1-4H3. The fourth-order valence-corrected chi connectivity index (χ4v) is 10.0. The van der Waals surface area contributed by atoms with Crippen molar-refractivity contribution in [1.82, 2.24) is 4.98 Å². The predicted octanol–water partition coefficient (Wildman–Crippen LogP) is 9.53. The molecule has 3 saturated carbocycles. The van der Waals surface area contributed by atoms with Crippen LogP contribution in [0.5, 0.6) is 5.75 Å². The Morgan fingerprint density at radius 2 is 1.93 bits per heavy atom. The monoisotopic (exact) mass is 558 g/mol. The molecule has 4 aliphatic rings. The van der Waals surface area contributed by atoms with Crippen LogP contribution < -0.4 is 5.32 Å². The van der Waals surface area contributed by atoms with Gasteiger partial charge in [-0.2, -0.15) is 0 Å². The summed E-state index contributed by atoms with van der Waals surface area (Å²) in [6.07, 6.45) is 21.3. The molecule has 0 bridgehead atoms. The second-order valence-corrected chi connectivity index (χ2v) is 15.0. The fourth-order valence-electron chi connectivity index (χ4n) is 10.0. The highest BCUT2D eigenvalue weighted by molar-refractivity contribution is 5.94. The van der Waals surface area contributed by atoms with Gasteiger partial charge in [0.2, 0.25) is 0 Å². The van der Waals surface area contributed by atoms with E-state index in [9.17, 15) is 5.11 Å². The van der Waals surface area contributed by atoms with Crippen molar-refractivity contribution >= 4 is 16.6 Å². The smallest absolute Gasteiger partial charge is 0.141 e. The highest BCUT2D eigenvalue weighted by Gasteiger charge is 2.58. The van der Waals surface area contributed by atoms with Gasteiger partial charge in [-0.1, -0.05) is 58.6 Å². The molecule has 1 aromatic carbocycles. The zero-order valence-electron chi connectivity index (χ0n) is 26.1. The van der Waals surface area contributed by atoms with Crippen molar-refractivity contribution in [2.24, 2.45) is 40.4 Å². The van der Waals surface area contributed by atoms with Gasteiger partial charge >= 0.3 is 0 Å². The first-order valence-corrected chi connectivity index (χ1v) is 16.9. The summed E-state index contributed by atoms with van der Waals surface area (Å²) >= 11 is 0. The minimum absolute atomic E-state index is 0.225. The number of allylic oxidation sites excluding steroid dienone is 1. The van der Waals surface area contributed by atoms with Crippen LogP contribution in [0.3, 0.4) is 0 Å². The van der Waals surface area contributed by atoms with E-state index in [4.69, 9.17) is 4.74 Å². The number of unbranched alkanes of at least 4 members (excludes halogenated alkanes) is 1. The van der Waals surface area contributed by atoms with Crippen LogP contribution in [-0.2, 0) is 4.74 Å². The number of phenolic OH excluding ortho intramolecular Hbond substituents is 1. The number of hydrogen-bond donors (Lipinski definition) is 2. The summed E-state index contributed by atoms with van der Waals surface area (Å²) in [5.41, 5.74) is 4.33. The van der Waals surface area contributed by atoms with E-state index in [0.717, 1.165) is 53.6 Å². The lowest BCUT2D eigenvalue weighted by Crippen LogP contribution is -2.50. The van der Waals surface area contributed by atoms with Crippen molar-refractivity contribution in [2.75, 3.05) is 18.5 Å². The van der Waals surface area contributed by atoms with Gasteiger partial charge in [0.05, 0.1) is 12.7 Å². The molecule has 0 saturated heterocycles. The van der Waals surface area contributed by atoms with Gasteiger partial charge in [0.25, 0.3) is 0 Å². The van der Waals surface area contributed by atoms with Crippen molar-refractivity contribution in [3.8, 4) is 5.75 Å². The second-order valence-electron chi connectivity index (χ2n) is 15.0. The number of nitrogens with one attached hydrogen (secondary N) is 1. The molecule has 0 radical (unpaired) electrons. The molecule has 4 aliphatic carbocycles. The van der Waals surface area contributed by atoms with E-state index in [-0.39, 0.29) is 5.75 Å². The summed E-state index contributed by atoms with van der Waals surface area (Å²) in [6, 6.07) is 7.57. The number of aromatic nitrogens is 1. The molecule has 224 valence electrons. The first-order valence-electron chi connectivity index (χ1n) is 16.9. The summed E-state index contributed by atoms with van der Waals surface area (Å²) < 4.78 is 6.46. The number of rotatable bonds is 10. The number of hydrogen-bond acceptors (Lipinski definition) is 4. The number of benzene rings is 1. The van der Waals surface area contributed by atoms with Crippen LogP contribution in [-0.4, -0.2) is 29.3 Å². The average molecular weight is 559 g/mol. The van der Waals surface area contributed by atoms with Gasteiger partial charge in [-0.25, -0.2) is 0 Å². The van der Waals surface area contributed by atoms with Crippen molar-refractivity contribution in [3.05, 3.63) is 42.1 Å². The predicted molar refractivity (Wildman–Crippen MR) is 170 cm³/mol. The van der Waals surface area contributed by atoms with Gasteiger partial charge in [-0.05, 0) is 122 Å². The maximum atomic E-state index is 10.1. The maximum absolute atomic E-state index is 10.1. The molecule has 6 rings (SSSR count). The molecule has 4 heteroatoms. The number of phenols is 1. The summed E-state index contributed by atoms with van der Waals surface area (Å²) in [4.78, 5) is 4.33. The average Bonchev–Trinajstić information content (AvgIpc) is 3.30. The molecule has 2 N–H and O–H groups in total. The van der Waals surface area contributed by atoms with E-state index in [1.54, 1.807) is 17.8 Å². The highest BCUT2D eigenvalue weighted by atomic mass is 16.5. The summed E-state index contributed by atoms with van der Waals surface area (Å²) in [6.45, 7) is 11.5. The van der Waals surface area contributed by atoms with Crippen molar-refractivity contribution in [2.45, 2.75) is 111 Å². The molecule has 41 heavy (non-hydrogen) atoms. The van der Waals surface area contributed by atoms with Crippen LogP contribution in [0.1, 0.15) is 105 Å². The van der Waals surface area contributed by atoms with Gasteiger partial charge in [0, 0.05) is 23.8 Å². The van der Waals surface area contributed by atoms with Crippen molar-refractivity contribution < 1.29 is 9.84 Å². The molecule has 4 nitrogen and oxygen atoms in total. The summed E-state index contributed by atoms with van der Waals surface area (Å²) in [5, 5.41) is 14.6. The minimum atomic E-state index is 0.225. The maximum Gasteiger partial charge on any atom is 0.141 e. The summed E-state index contributed by atoms with van der Waals surface area (Å²) in [5.74, 6) is 4.76. The van der Waals surface area contributed by atoms with E-state index in [2.05, 4.69) is 44.1 Å². The normalized spacial score (nSPS) is 34.7. The van der Waals surface area contributed by atoms with Crippen LogP contribution in [0.2, 0.25) is 0 Å². The van der Waals surface area contributed by atoms with Gasteiger partial charge < -0.3 is 15.2 Å². The Kier molecular flexibility index (Phi) is 8.42. The Morgan fingerprint density at radius 1 is 1.05 bits per heavy atom. The Bertz CT molecular complexity index is 1240. The first kappa shape index (κ1) is 29.0. The Balaban J connectivity index is 1.03. The van der Waals surface area contributed by atoms with Crippen LogP contribution >= 0.6 is 0 Å². The number of anilines is 1. The lowest BCUT2D eigenvalue weighted by molar-refractivity contribution is -0.0579. The molecule has 7 atom stereocenters. The zero-order valence-corrected chi connectivity index (χ0v) is 26.1. The molecule has 0 aliphatic heterocycles. The molecular formula is C37H54N2O2. The lowest BCUT2D eigenvalue weighted by atomic mass is 9.47. The second kappa shape index (κ2) is 11.9. The molecule has 1 aromatic heterocycles. The Labute approximate surface area is 248 Å². The fraction of sp³-hybridized carbons (Fsp3) is 0.703. The molecule has 2 aromatic rings. The molecule has 0 amide bonds. The van der Waals surface area contributed by atoms with E-state index in [1.165, 1.54) is 70.6 Å². The molecule has 1 heterocycles. The van der Waals surface area contributed by atoms with Crippen LogP contribution in [0, 0.1) is 40.4 Å². The number of pyridine rings is 1. The minimum Gasteiger partial charge on any atom is -0.506 e. The topological polar surface area (TPSA) is 54.4 Å². The van der Waals surface area contributed by atoms with E-state index in [0.29, 0.717) is 29.1 Å². The number of aromatic hydroxyl groups is 1. The van der Waals surface area contributed by atoms with E-state index in [1.807, 2.05) is 18.2 Å². The molecule has 7 unspecified atom stereocenters. The summed E-state index contributed by atoms with van der Waals surface area (Å²) in [7, 11) is 0. The van der Waals surface area contributed by atoms with Gasteiger partial charge in [0.15, 0.2) is 0 Å². The molecular weight excluding hydrogens is 504 g/mol. The number of fused-ring (bicyclic) bond motifs is 6. The molecule has 3 fully saturated rings. The SMILES string of the molecule is CC(C)CCCCC1CCC2C3CC=C4CC(OCCNc5ccc(O)c6ncccc56)CCC4(C)C3CCC12C. The Hall–Kier alpha value is -2.07. The van der Waals surface area contributed by atoms with Gasteiger partial charge in [-0.15, -0.1) is 0 Å². The lowest BCUT2D eigenvalue weighted by Gasteiger charge is -2.58. The van der Waals surface area contributed by atoms with Crippen LogP contribution in [0.15, 0.2) is 42.1 Å². The quantitative estimate of drug-likeness (QED) is 0.173. The number of nitrogens with zero attached hydrogens (tertiary/aromatic N) is 1. The van der Waals surface area contributed by atoms with E-state index >= 15 is 0 Å². The van der Waals surface area contributed by atoms with Crippen LogP contribution in [0.4, 0.5) is 5.69 Å². The van der Waals surface area contributed by atoms with Crippen molar-refractivity contribution in [3.63, 3.8) is 0 Å². The number of ether oxygens (including phenoxy) is 1. The third-order valence-electron chi connectivity index (χ3n) is 12.4. The van der Waals surface area contributed by atoms with Gasteiger partial charge in [-0.3, -0.25) is 4.98 Å². The third kappa shape index (κ3) is 5.55. The van der Waals surface area contributed by atoms with E-state index < -0.39 is 0 Å². The third-order valence-corrected chi connectivity index (χ3v) is 12.4. The van der Waals surface area contributed by atoms with Crippen molar-refractivity contribution in [1.29, 1.82) is 0 Å². The zero-order chi connectivity index (χ0) is 28.6. The van der Waals surface area contributed by atoms with Gasteiger partial charge in [0.1, 0.15) is 11.3 Å².